The summed E-state index contributed by atoms with van der Waals surface area (Å²) in [6, 6.07) is 29.5. The average Bonchev–Trinajstić information content (AvgIpc) is 3.50. The number of para-hydroxylation sites is 2. The van der Waals surface area contributed by atoms with E-state index in [1.54, 1.807) is 29.0 Å². The summed E-state index contributed by atoms with van der Waals surface area (Å²) in [5.74, 6) is -0.0775. The molecule has 46 heavy (non-hydrogen) atoms. The molecule has 0 aliphatic heterocycles. The quantitative estimate of drug-likeness (QED) is 0.121. The lowest BCUT2D eigenvalue weighted by molar-refractivity contribution is -0.132. The Morgan fingerprint density at radius 3 is 2.24 bits per heavy atom. The maximum Gasteiger partial charge on any atom is 0.254 e. The zero-order valence-electron chi connectivity index (χ0n) is 26.7. The zero-order valence-corrected chi connectivity index (χ0v) is 26.7. The standard InChI is InChI=1S/C39H42FN3O3/c1-3-4-5-10-29-15-19-31(20-16-29)39(45)43(26-30-17-21-34(40)22-18-30)28-38(44)42(27-33-11-6-9-14-37(33)46-2)24-23-32-25-41-36-13-8-7-12-35(32)36/h6-9,11-22,25,41H,3-5,10,23-24,26-28H2,1-2H3. The molecule has 1 N–H and O–H groups in total. The van der Waals surface area contributed by atoms with Gasteiger partial charge in [-0.2, -0.15) is 0 Å². The average molecular weight is 620 g/mol. The van der Waals surface area contributed by atoms with Gasteiger partial charge in [-0.15, -0.1) is 0 Å². The van der Waals surface area contributed by atoms with E-state index < -0.39 is 0 Å². The van der Waals surface area contributed by atoms with Crippen LogP contribution >= 0.6 is 0 Å². The summed E-state index contributed by atoms with van der Waals surface area (Å²) in [6.45, 7) is 3.00. The summed E-state index contributed by atoms with van der Waals surface area (Å²) in [6.07, 6.45) is 7.02. The minimum atomic E-state index is -0.350. The molecule has 0 saturated carbocycles. The second-order valence-electron chi connectivity index (χ2n) is 11.7. The van der Waals surface area contributed by atoms with E-state index in [1.165, 1.54) is 24.1 Å². The van der Waals surface area contributed by atoms with Crippen LogP contribution in [-0.2, 0) is 30.7 Å². The smallest absolute Gasteiger partial charge is 0.254 e. The maximum atomic E-state index is 14.2. The number of aromatic amines is 1. The topological polar surface area (TPSA) is 65.6 Å². The van der Waals surface area contributed by atoms with Crippen LogP contribution in [-0.4, -0.2) is 46.8 Å². The van der Waals surface area contributed by atoms with Gasteiger partial charge in [0.05, 0.1) is 7.11 Å². The fourth-order valence-electron chi connectivity index (χ4n) is 5.77. The van der Waals surface area contributed by atoms with Gasteiger partial charge in [0.25, 0.3) is 5.91 Å². The first-order chi connectivity index (χ1) is 22.4. The third kappa shape index (κ3) is 8.42. The van der Waals surface area contributed by atoms with E-state index in [0.717, 1.165) is 46.9 Å². The van der Waals surface area contributed by atoms with Crippen LogP contribution in [0.2, 0.25) is 0 Å². The van der Waals surface area contributed by atoms with E-state index in [2.05, 4.69) is 18.0 Å². The SMILES string of the molecule is CCCCCc1ccc(C(=O)N(CC(=O)N(CCc2c[nH]c3ccccc23)Cc2ccccc2OC)Cc2ccc(F)cc2)cc1. The van der Waals surface area contributed by atoms with Crippen molar-refractivity contribution in [2.24, 2.45) is 0 Å². The Morgan fingerprint density at radius 2 is 1.48 bits per heavy atom. The van der Waals surface area contributed by atoms with Gasteiger partial charge in [-0.25, -0.2) is 4.39 Å². The number of halogens is 1. The van der Waals surface area contributed by atoms with E-state index in [1.807, 2.05) is 72.9 Å². The lowest BCUT2D eigenvalue weighted by Crippen LogP contribution is -2.43. The Kier molecular flexibility index (Phi) is 11.2. The van der Waals surface area contributed by atoms with Gasteiger partial charge in [0.15, 0.2) is 0 Å². The number of hydrogen-bond acceptors (Lipinski definition) is 3. The number of rotatable bonds is 15. The molecule has 0 atom stereocenters. The molecule has 0 spiro atoms. The van der Waals surface area contributed by atoms with Crippen molar-refractivity contribution in [1.82, 2.24) is 14.8 Å². The molecular weight excluding hydrogens is 577 g/mol. The van der Waals surface area contributed by atoms with Crippen molar-refractivity contribution in [2.45, 2.75) is 52.1 Å². The van der Waals surface area contributed by atoms with Gasteiger partial charge >= 0.3 is 0 Å². The largest absolute Gasteiger partial charge is 0.496 e. The van der Waals surface area contributed by atoms with Gasteiger partial charge < -0.3 is 19.5 Å². The molecule has 238 valence electrons. The van der Waals surface area contributed by atoms with Crippen LogP contribution < -0.4 is 4.74 Å². The lowest BCUT2D eigenvalue weighted by atomic mass is 10.0. The highest BCUT2D eigenvalue weighted by Crippen LogP contribution is 2.23. The summed E-state index contributed by atoms with van der Waals surface area (Å²) in [4.78, 5) is 34.8. The molecule has 6 nitrogen and oxygen atoms in total. The number of nitrogens with one attached hydrogen (secondary N) is 1. The summed E-state index contributed by atoms with van der Waals surface area (Å²) >= 11 is 0. The molecule has 1 heterocycles. The fourth-order valence-corrected chi connectivity index (χ4v) is 5.77. The lowest BCUT2D eigenvalue weighted by Gasteiger charge is -2.28. The summed E-state index contributed by atoms with van der Waals surface area (Å²) in [5.41, 5.74) is 5.50. The van der Waals surface area contributed by atoms with Gasteiger partial charge in [0, 0.05) is 47.9 Å². The number of carbonyl (C=O) groups excluding carboxylic acids is 2. The molecule has 7 heteroatoms. The number of methoxy groups -OCH3 is 1. The van der Waals surface area contributed by atoms with Gasteiger partial charge in [-0.3, -0.25) is 9.59 Å². The molecule has 0 unspecified atom stereocenters. The first-order valence-corrected chi connectivity index (χ1v) is 16.0. The number of aromatic nitrogens is 1. The minimum absolute atomic E-state index is 0.127. The molecule has 0 saturated heterocycles. The second-order valence-corrected chi connectivity index (χ2v) is 11.7. The normalized spacial score (nSPS) is 11.0. The summed E-state index contributed by atoms with van der Waals surface area (Å²) < 4.78 is 19.3. The van der Waals surface area contributed by atoms with E-state index in [0.29, 0.717) is 30.8 Å². The number of hydrogen-bond donors (Lipinski definition) is 1. The van der Waals surface area contributed by atoms with Crippen LogP contribution in [0.4, 0.5) is 4.39 Å². The Hall–Kier alpha value is -4.91. The van der Waals surface area contributed by atoms with Crippen LogP contribution in [0.15, 0.2) is 103 Å². The molecule has 2 amide bonds. The molecule has 1 aromatic heterocycles. The molecule has 0 aliphatic carbocycles. The van der Waals surface area contributed by atoms with Crippen molar-refractivity contribution in [2.75, 3.05) is 20.2 Å². The summed E-state index contributed by atoms with van der Waals surface area (Å²) in [7, 11) is 1.62. The first kappa shape index (κ1) is 32.5. The van der Waals surface area contributed by atoms with Gasteiger partial charge in [0.2, 0.25) is 5.91 Å². The van der Waals surface area contributed by atoms with Crippen LogP contribution in [0, 0.1) is 5.82 Å². The fraction of sp³-hybridized carbons (Fsp3) is 0.282. The van der Waals surface area contributed by atoms with Crippen LogP contribution in [0.1, 0.15) is 58.8 Å². The number of H-pyrrole nitrogens is 1. The van der Waals surface area contributed by atoms with E-state index in [4.69, 9.17) is 4.74 Å². The highest BCUT2D eigenvalue weighted by Gasteiger charge is 2.24. The predicted molar refractivity (Wildman–Crippen MR) is 181 cm³/mol. The molecule has 5 aromatic rings. The van der Waals surface area contributed by atoms with E-state index in [9.17, 15) is 14.0 Å². The Balaban J connectivity index is 1.39. The Morgan fingerprint density at radius 1 is 0.761 bits per heavy atom. The second kappa shape index (κ2) is 15.9. The molecule has 0 fully saturated rings. The van der Waals surface area contributed by atoms with Crippen molar-refractivity contribution < 1.29 is 18.7 Å². The van der Waals surface area contributed by atoms with Gasteiger partial charge in [-0.1, -0.05) is 80.4 Å². The van der Waals surface area contributed by atoms with E-state index in [-0.39, 0.29) is 30.7 Å². The molecule has 0 bridgehead atoms. The monoisotopic (exact) mass is 619 g/mol. The van der Waals surface area contributed by atoms with Crippen molar-refractivity contribution in [3.05, 3.63) is 137 Å². The molecule has 0 radical (unpaired) electrons. The van der Waals surface area contributed by atoms with Crippen molar-refractivity contribution in [3.8, 4) is 5.75 Å². The van der Waals surface area contributed by atoms with E-state index >= 15 is 0 Å². The number of amides is 2. The van der Waals surface area contributed by atoms with Crippen LogP contribution in [0.25, 0.3) is 10.9 Å². The van der Waals surface area contributed by atoms with Crippen LogP contribution in [0.3, 0.4) is 0 Å². The van der Waals surface area contributed by atoms with Gasteiger partial charge in [0.1, 0.15) is 18.1 Å². The highest BCUT2D eigenvalue weighted by molar-refractivity contribution is 5.96. The van der Waals surface area contributed by atoms with Crippen molar-refractivity contribution in [3.63, 3.8) is 0 Å². The predicted octanol–water partition coefficient (Wildman–Crippen LogP) is 7.96. The number of ether oxygens (including phenoxy) is 1. The molecule has 5 rings (SSSR count). The third-order valence-corrected chi connectivity index (χ3v) is 8.40. The number of aryl methyl sites for hydroxylation is 1. The Labute approximate surface area is 270 Å². The minimum Gasteiger partial charge on any atom is -0.496 e. The Bertz CT molecular complexity index is 1730. The van der Waals surface area contributed by atoms with Gasteiger partial charge in [-0.05, 0) is 72.4 Å². The number of carbonyl (C=O) groups is 2. The molecular formula is C39H42FN3O3. The number of unbranched alkanes of at least 4 members (excludes halogenated alkanes) is 2. The van der Waals surface area contributed by atoms with Crippen molar-refractivity contribution >= 4 is 22.7 Å². The summed E-state index contributed by atoms with van der Waals surface area (Å²) in [5, 5.41) is 1.12. The molecule has 0 aliphatic rings. The zero-order chi connectivity index (χ0) is 32.3. The van der Waals surface area contributed by atoms with Crippen LogP contribution in [0.5, 0.6) is 5.75 Å². The highest BCUT2D eigenvalue weighted by atomic mass is 19.1. The van der Waals surface area contributed by atoms with Crippen molar-refractivity contribution in [1.29, 1.82) is 0 Å². The number of benzene rings is 4. The third-order valence-electron chi connectivity index (χ3n) is 8.40. The number of nitrogens with zero attached hydrogens (tertiary/aromatic N) is 2. The maximum absolute atomic E-state index is 14.2. The first-order valence-electron chi connectivity index (χ1n) is 16.0. The molecule has 4 aromatic carbocycles. The number of fused-ring (bicyclic) bond motifs is 1.